The van der Waals surface area contributed by atoms with E-state index in [1.54, 1.807) is 13.8 Å². The molecule has 0 aliphatic rings. The molecule has 0 heterocycles. The molecule has 252 valence electrons. The molecule has 3 amide bonds. The van der Waals surface area contributed by atoms with Crippen LogP contribution in [-0.2, 0) is 19.2 Å². The van der Waals surface area contributed by atoms with Crippen LogP contribution in [0.4, 0.5) is 0 Å². The molecule has 0 radical (unpaired) electrons. The number of aliphatic carboxylic acids is 1. The Morgan fingerprint density at radius 2 is 1.05 bits per heavy atom. The van der Waals surface area contributed by atoms with Gasteiger partial charge in [-0.2, -0.15) is 0 Å². The van der Waals surface area contributed by atoms with Crippen LogP contribution in [0.1, 0.15) is 149 Å². The number of carboxylic acid groups (broad SMARTS) is 1. The highest BCUT2D eigenvalue weighted by atomic mass is 16.4. The van der Waals surface area contributed by atoms with Gasteiger partial charge in [-0.3, -0.25) is 14.4 Å². The van der Waals surface area contributed by atoms with Gasteiger partial charge in [0.2, 0.25) is 17.7 Å². The Hall–Kier alpha value is -2.20. The number of carbonyl (C=O) groups excluding carboxylic acids is 3. The number of unbranched alkanes of at least 4 members (excludes halogenated alkanes) is 14. The van der Waals surface area contributed by atoms with E-state index in [0.29, 0.717) is 45.2 Å². The molecule has 0 aromatic heterocycles. The maximum Gasteiger partial charge on any atom is 0.326 e. The summed E-state index contributed by atoms with van der Waals surface area (Å²) in [5.41, 5.74) is 11.1. The number of carbonyl (C=O) groups is 4. The Labute approximate surface area is 261 Å². The number of rotatable bonds is 29. The number of nitrogens with two attached hydrogens (primary N) is 2. The molecule has 10 nitrogen and oxygen atoms in total. The quantitative estimate of drug-likeness (QED) is 0.0650. The molecule has 0 aromatic carbocycles. The molecule has 0 bridgehead atoms. The van der Waals surface area contributed by atoms with Crippen molar-refractivity contribution in [1.82, 2.24) is 16.0 Å². The van der Waals surface area contributed by atoms with Crippen LogP contribution in [0.15, 0.2) is 0 Å². The van der Waals surface area contributed by atoms with Gasteiger partial charge in [0.05, 0.1) is 0 Å². The molecule has 0 aliphatic carbocycles. The Bertz CT molecular complexity index is 749. The van der Waals surface area contributed by atoms with E-state index in [9.17, 15) is 24.3 Å². The first-order chi connectivity index (χ1) is 20.7. The van der Waals surface area contributed by atoms with Crippen LogP contribution in [0.5, 0.6) is 0 Å². The highest BCUT2D eigenvalue weighted by Crippen LogP contribution is 2.13. The summed E-state index contributed by atoms with van der Waals surface area (Å²) < 4.78 is 0. The average molecular weight is 612 g/mol. The minimum atomic E-state index is -1.13. The van der Waals surface area contributed by atoms with Gasteiger partial charge in [0.25, 0.3) is 0 Å². The van der Waals surface area contributed by atoms with Gasteiger partial charge >= 0.3 is 5.97 Å². The van der Waals surface area contributed by atoms with Gasteiger partial charge in [-0.1, -0.05) is 97.8 Å². The fourth-order valence-electron chi connectivity index (χ4n) is 5.13. The van der Waals surface area contributed by atoms with Crippen molar-refractivity contribution in [1.29, 1.82) is 0 Å². The molecule has 0 fully saturated rings. The zero-order chi connectivity index (χ0) is 32.3. The highest BCUT2D eigenvalue weighted by molar-refractivity contribution is 5.93. The monoisotopic (exact) mass is 611 g/mol. The van der Waals surface area contributed by atoms with Gasteiger partial charge in [0.1, 0.15) is 18.1 Å². The number of nitrogens with one attached hydrogen (secondary N) is 3. The van der Waals surface area contributed by atoms with Crippen molar-refractivity contribution < 1.29 is 24.3 Å². The molecule has 43 heavy (non-hydrogen) atoms. The van der Waals surface area contributed by atoms with E-state index >= 15 is 0 Å². The first kappa shape index (κ1) is 40.8. The molecule has 0 aromatic rings. The first-order valence-corrected chi connectivity index (χ1v) is 17.2. The van der Waals surface area contributed by atoms with E-state index in [-0.39, 0.29) is 18.2 Å². The summed E-state index contributed by atoms with van der Waals surface area (Å²) >= 11 is 0. The lowest BCUT2D eigenvalue weighted by atomic mass is 10.0. The van der Waals surface area contributed by atoms with E-state index < -0.39 is 35.9 Å². The van der Waals surface area contributed by atoms with Crippen molar-refractivity contribution in [3.05, 3.63) is 0 Å². The van der Waals surface area contributed by atoms with E-state index in [2.05, 4.69) is 22.9 Å². The molecule has 0 aliphatic heterocycles. The predicted octanol–water partition coefficient (Wildman–Crippen LogP) is 4.92. The number of hydrogen-bond donors (Lipinski definition) is 6. The maximum atomic E-state index is 13.2. The Kier molecular flexibility index (Phi) is 26.0. The molecule has 0 spiro atoms. The average Bonchev–Trinajstić information content (AvgIpc) is 2.96. The second-order valence-electron chi connectivity index (χ2n) is 12.3. The Morgan fingerprint density at radius 1 is 0.581 bits per heavy atom. The van der Waals surface area contributed by atoms with Crippen LogP contribution in [-0.4, -0.2) is 60.0 Å². The lowest BCUT2D eigenvalue weighted by molar-refractivity contribution is -0.142. The second-order valence-corrected chi connectivity index (χ2v) is 12.3. The molecule has 0 rings (SSSR count). The smallest absolute Gasteiger partial charge is 0.326 e. The molecule has 0 saturated carbocycles. The third kappa shape index (κ3) is 22.0. The largest absolute Gasteiger partial charge is 0.480 e. The van der Waals surface area contributed by atoms with Crippen LogP contribution in [0, 0.1) is 5.92 Å². The predicted molar refractivity (Wildman–Crippen MR) is 174 cm³/mol. The SMILES string of the molecule is CCCCCCCCCCCCCCCC(=O)NC(CCCCN)C(=O)NC(C(=O)NC(CCCCN)C(=O)O)C(C)C. The minimum Gasteiger partial charge on any atom is -0.480 e. The van der Waals surface area contributed by atoms with Crippen LogP contribution in [0.2, 0.25) is 0 Å². The molecule has 3 unspecified atom stereocenters. The summed E-state index contributed by atoms with van der Waals surface area (Å²) in [7, 11) is 0. The Balaban J connectivity index is 4.69. The summed E-state index contributed by atoms with van der Waals surface area (Å²) in [6.45, 7) is 6.74. The molecular weight excluding hydrogens is 546 g/mol. The zero-order valence-corrected chi connectivity index (χ0v) is 27.6. The summed E-state index contributed by atoms with van der Waals surface area (Å²) in [4.78, 5) is 50.6. The lowest BCUT2D eigenvalue weighted by Gasteiger charge is -2.26. The first-order valence-electron chi connectivity index (χ1n) is 17.2. The number of carboxylic acids is 1. The van der Waals surface area contributed by atoms with Crippen molar-refractivity contribution in [2.45, 2.75) is 167 Å². The lowest BCUT2D eigenvalue weighted by Crippen LogP contribution is -2.57. The topological polar surface area (TPSA) is 177 Å². The standard InChI is InChI=1S/C33H65N5O5/c1-4-5-6-7-8-9-10-11-12-13-14-15-16-23-29(39)36-27(21-17-19-24-34)31(40)38-30(26(2)3)32(41)37-28(33(42)43)22-18-20-25-35/h26-28,30H,4-25,34-35H2,1-3H3,(H,36,39)(H,37,41)(H,38,40)(H,42,43). The maximum absolute atomic E-state index is 13.2. The highest BCUT2D eigenvalue weighted by Gasteiger charge is 2.31. The van der Waals surface area contributed by atoms with Crippen LogP contribution >= 0.6 is 0 Å². The molecule has 3 atom stereocenters. The van der Waals surface area contributed by atoms with Gasteiger partial charge in [-0.05, 0) is 64.0 Å². The summed E-state index contributed by atoms with van der Waals surface area (Å²) in [5.74, 6) is -2.58. The summed E-state index contributed by atoms with van der Waals surface area (Å²) in [6, 6.07) is -2.77. The van der Waals surface area contributed by atoms with E-state index in [1.807, 2.05) is 0 Å². The fraction of sp³-hybridized carbons (Fsp3) is 0.879. The number of hydrogen-bond acceptors (Lipinski definition) is 6. The minimum absolute atomic E-state index is 0.174. The van der Waals surface area contributed by atoms with Crippen LogP contribution in [0.3, 0.4) is 0 Å². The molecule has 8 N–H and O–H groups in total. The summed E-state index contributed by atoms with van der Waals surface area (Å²) in [6.07, 6.45) is 19.6. The van der Waals surface area contributed by atoms with E-state index in [0.717, 1.165) is 25.7 Å². The Morgan fingerprint density at radius 3 is 1.49 bits per heavy atom. The normalized spacial score (nSPS) is 13.3. The second kappa shape index (κ2) is 27.4. The van der Waals surface area contributed by atoms with Gasteiger partial charge < -0.3 is 32.5 Å². The molecular formula is C33H65N5O5. The number of amides is 3. The molecule has 0 saturated heterocycles. The van der Waals surface area contributed by atoms with E-state index in [4.69, 9.17) is 11.5 Å². The van der Waals surface area contributed by atoms with Crippen molar-refractivity contribution in [3.63, 3.8) is 0 Å². The van der Waals surface area contributed by atoms with Crippen LogP contribution < -0.4 is 27.4 Å². The van der Waals surface area contributed by atoms with Gasteiger partial charge in [-0.25, -0.2) is 4.79 Å². The molecule has 10 heteroatoms. The third-order valence-electron chi connectivity index (χ3n) is 7.91. The summed E-state index contributed by atoms with van der Waals surface area (Å²) in [5, 5.41) is 17.7. The fourth-order valence-corrected chi connectivity index (χ4v) is 5.13. The van der Waals surface area contributed by atoms with Gasteiger partial charge in [-0.15, -0.1) is 0 Å². The third-order valence-corrected chi connectivity index (χ3v) is 7.91. The van der Waals surface area contributed by atoms with Crippen molar-refractivity contribution in [2.24, 2.45) is 17.4 Å². The van der Waals surface area contributed by atoms with Crippen molar-refractivity contribution in [3.8, 4) is 0 Å². The van der Waals surface area contributed by atoms with Crippen molar-refractivity contribution in [2.75, 3.05) is 13.1 Å². The van der Waals surface area contributed by atoms with Gasteiger partial charge in [0.15, 0.2) is 0 Å². The van der Waals surface area contributed by atoms with Gasteiger partial charge in [0, 0.05) is 6.42 Å². The van der Waals surface area contributed by atoms with Crippen LogP contribution in [0.25, 0.3) is 0 Å². The van der Waals surface area contributed by atoms with E-state index in [1.165, 1.54) is 64.2 Å². The zero-order valence-electron chi connectivity index (χ0n) is 27.6. The van der Waals surface area contributed by atoms with Crippen molar-refractivity contribution >= 4 is 23.7 Å².